The number of nitrogens with one attached hydrogen (secondary N) is 3. The van der Waals surface area contributed by atoms with E-state index in [9.17, 15) is 14.0 Å². The van der Waals surface area contributed by atoms with Gasteiger partial charge in [-0.05, 0) is 24.1 Å². The van der Waals surface area contributed by atoms with E-state index in [1.54, 1.807) is 24.3 Å². The van der Waals surface area contributed by atoms with Gasteiger partial charge in [0.2, 0.25) is 17.6 Å². The van der Waals surface area contributed by atoms with Crippen molar-refractivity contribution in [3.63, 3.8) is 0 Å². The molecule has 3 N–H and O–H groups in total. The van der Waals surface area contributed by atoms with Crippen molar-refractivity contribution in [2.24, 2.45) is 0 Å². The Labute approximate surface area is 199 Å². The van der Waals surface area contributed by atoms with Crippen LogP contribution < -0.4 is 16.2 Å². The lowest BCUT2D eigenvalue weighted by molar-refractivity contribution is -0.121. The van der Waals surface area contributed by atoms with E-state index < -0.39 is 6.86 Å². The monoisotopic (exact) mass is 480 g/mol. The van der Waals surface area contributed by atoms with E-state index in [0.29, 0.717) is 48.9 Å². The Kier molecular flexibility index (Phi) is 8.12. The minimum Gasteiger partial charge on any atom is -0.368 e. The number of carbonyl (C=O) groups excluding carboxylic acids is 1. The van der Waals surface area contributed by atoms with Crippen LogP contribution in [-0.4, -0.2) is 46.2 Å². The fraction of sp³-hybridized carbons (Fsp3) is 0.292. The summed E-state index contributed by atoms with van der Waals surface area (Å²) in [4.78, 5) is 28.3. The average molecular weight is 481 g/mol. The van der Waals surface area contributed by atoms with Gasteiger partial charge in [0.15, 0.2) is 12.7 Å². The number of nitrogens with zero attached hydrogens (tertiary/aromatic N) is 3. The summed E-state index contributed by atoms with van der Waals surface area (Å²) >= 11 is 0. The SMILES string of the molecule is O=C(CCc1nc(-c2cccc(COCF)c2)no1)NCCCNc1n[nH]c(=O)c2ccccc12. The molecule has 0 aliphatic heterocycles. The zero-order valence-corrected chi connectivity index (χ0v) is 18.9. The van der Waals surface area contributed by atoms with Crippen LogP contribution in [0.2, 0.25) is 0 Å². The molecule has 4 rings (SSSR count). The molecule has 0 bridgehead atoms. The predicted molar refractivity (Wildman–Crippen MR) is 127 cm³/mol. The lowest BCUT2D eigenvalue weighted by atomic mass is 10.1. The number of fused-ring (bicyclic) bond motifs is 1. The highest BCUT2D eigenvalue weighted by Gasteiger charge is 2.11. The van der Waals surface area contributed by atoms with Crippen molar-refractivity contribution in [3.8, 4) is 11.4 Å². The second-order valence-electron chi connectivity index (χ2n) is 7.75. The van der Waals surface area contributed by atoms with Crippen LogP contribution in [0.15, 0.2) is 57.8 Å². The zero-order valence-electron chi connectivity index (χ0n) is 18.9. The Bertz CT molecular complexity index is 1340. The van der Waals surface area contributed by atoms with Crippen molar-refractivity contribution in [2.75, 3.05) is 25.3 Å². The Morgan fingerprint density at radius 2 is 1.97 bits per heavy atom. The van der Waals surface area contributed by atoms with E-state index >= 15 is 0 Å². The Morgan fingerprint density at radius 3 is 2.83 bits per heavy atom. The number of amides is 1. The highest BCUT2D eigenvalue weighted by molar-refractivity contribution is 5.90. The molecule has 11 heteroatoms. The number of carbonyl (C=O) groups is 1. The fourth-order valence-electron chi connectivity index (χ4n) is 3.51. The molecule has 0 unspecified atom stereocenters. The predicted octanol–water partition coefficient (Wildman–Crippen LogP) is 2.97. The van der Waals surface area contributed by atoms with Gasteiger partial charge in [0, 0.05) is 36.9 Å². The first-order valence-corrected chi connectivity index (χ1v) is 11.2. The standard InChI is InChI=1S/C24H25FN6O4/c25-15-34-14-16-5-3-6-17(13-16)22-28-21(35-31-22)10-9-20(32)26-11-4-12-27-23-18-7-1-2-8-19(18)24(33)30-29-23/h1-3,5-8,13H,4,9-12,14-15H2,(H,26,32)(H,27,29)(H,30,33). The molecular formula is C24H25FN6O4. The van der Waals surface area contributed by atoms with E-state index in [4.69, 9.17) is 9.26 Å². The highest BCUT2D eigenvalue weighted by Crippen LogP contribution is 2.19. The van der Waals surface area contributed by atoms with E-state index in [1.807, 2.05) is 24.3 Å². The van der Waals surface area contributed by atoms with Gasteiger partial charge < -0.3 is 19.9 Å². The molecule has 10 nitrogen and oxygen atoms in total. The van der Waals surface area contributed by atoms with Gasteiger partial charge in [-0.1, -0.05) is 41.6 Å². The average Bonchev–Trinajstić information content (AvgIpc) is 3.37. The molecule has 0 aliphatic rings. The molecule has 2 aromatic heterocycles. The van der Waals surface area contributed by atoms with Gasteiger partial charge in [-0.3, -0.25) is 9.59 Å². The molecule has 2 aromatic carbocycles. The number of aryl methyl sites for hydroxylation is 1. The van der Waals surface area contributed by atoms with Gasteiger partial charge in [0.25, 0.3) is 5.56 Å². The highest BCUT2D eigenvalue weighted by atomic mass is 19.1. The lowest BCUT2D eigenvalue weighted by Crippen LogP contribution is -2.26. The van der Waals surface area contributed by atoms with Crippen LogP contribution in [0, 0.1) is 0 Å². The second-order valence-corrected chi connectivity index (χ2v) is 7.75. The maximum atomic E-state index is 12.2. The molecule has 0 aliphatic carbocycles. The third-order valence-electron chi connectivity index (χ3n) is 5.23. The van der Waals surface area contributed by atoms with Crippen LogP contribution in [0.3, 0.4) is 0 Å². The molecular weight excluding hydrogens is 455 g/mol. The number of aromatic amines is 1. The molecule has 0 radical (unpaired) electrons. The first-order valence-electron chi connectivity index (χ1n) is 11.2. The number of rotatable bonds is 12. The van der Waals surface area contributed by atoms with Crippen molar-refractivity contribution in [2.45, 2.75) is 25.9 Å². The lowest BCUT2D eigenvalue weighted by Gasteiger charge is -2.08. The van der Waals surface area contributed by atoms with Crippen LogP contribution in [0.4, 0.5) is 10.2 Å². The molecule has 0 saturated carbocycles. The van der Waals surface area contributed by atoms with Crippen molar-refractivity contribution in [1.29, 1.82) is 0 Å². The van der Waals surface area contributed by atoms with Crippen LogP contribution in [0.5, 0.6) is 0 Å². The van der Waals surface area contributed by atoms with E-state index in [0.717, 1.165) is 16.5 Å². The molecule has 182 valence electrons. The van der Waals surface area contributed by atoms with Crippen molar-refractivity contribution < 1.29 is 18.4 Å². The summed E-state index contributed by atoms with van der Waals surface area (Å²) in [6.07, 6.45) is 1.20. The zero-order chi connectivity index (χ0) is 24.5. The number of halogens is 1. The first kappa shape index (κ1) is 24.0. The minimum absolute atomic E-state index is 0.122. The van der Waals surface area contributed by atoms with Crippen LogP contribution in [0.1, 0.15) is 24.3 Å². The third-order valence-corrected chi connectivity index (χ3v) is 5.23. The van der Waals surface area contributed by atoms with Gasteiger partial charge in [0.05, 0.1) is 12.0 Å². The van der Waals surface area contributed by atoms with Crippen LogP contribution in [-0.2, 0) is 22.6 Å². The molecule has 4 aromatic rings. The van der Waals surface area contributed by atoms with Gasteiger partial charge in [-0.15, -0.1) is 0 Å². The molecule has 35 heavy (non-hydrogen) atoms. The number of benzene rings is 2. The van der Waals surface area contributed by atoms with E-state index in [1.165, 1.54) is 0 Å². The minimum atomic E-state index is -0.849. The Balaban J connectivity index is 1.19. The summed E-state index contributed by atoms with van der Waals surface area (Å²) in [6, 6.07) is 14.5. The van der Waals surface area contributed by atoms with Gasteiger partial charge in [-0.25, -0.2) is 9.49 Å². The van der Waals surface area contributed by atoms with E-state index in [2.05, 4.69) is 31.0 Å². The quantitative estimate of drug-likeness (QED) is 0.264. The number of ether oxygens (including phenoxy) is 1. The molecule has 1 amide bonds. The summed E-state index contributed by atoms with van der Waals surface area (Å²) in [6.45, 7) is 0.364. The molecule has 0 atom stereocenters. The summed E-state index contributed by atoms with van der Waals surface area (Å²) in [5.41, 5.74) is 1.29. The molecule has 2 heterocycles. The Hall–Kier alpha value is -4.12. The summed E-state index contributed by atoms with van der Waals surface area (Å²) in [5.74, 6) is 1.23. The maximum absolute atomic E-state index is 12.2. The number of alkyl halides is 1. The van der Waals surface area contributed by atoms with Gasteiger partial charge in [0.1, 0.15) is 0 Å². The summed E-state index contributed by atoms with van der Waals surface area (Å²) < 4.78 is 22.2. The number of anilines is 1. The van der Waals surface area contributed by atoms with Gasteiger partial charge in [-0.2, -0.15) is 10.1 Å². The second kappa shape index (κ2) is 11.8. The van der Waals surface area contributed by atoms with Crippen LogP contribution >= 0.6 is 0 Å². The van der Waals surface area contributed by atoms with Crippen molar-refractivity contribution >= 4 is 22.5 Å². The number of hydrogen-bond acceptors (Lipinski definition) is 8. The third kappa shape index (κ3) is 6.48. The van der Waals surface area contributed by atoms with Crippen molar-refractivity contribution in [3.05, 3.63) is 70.3 Å². The van der Waals surface area contributed by atoms with E-state index in [-0.39, 0.29) is 24.5 Å². The maximum Gasteiger partial charge on any atom is 0.272 e. The summed E-state index contributed by atoms with van der Waals surface area (Å²) in [7, 11) is 0. The first-order chi connectivity index (χ1) is 17.1. The van der Waals surface area contributed by atoms with Crippen LogP contribution in [0.25, 0.3) is 22.2 Å². The number of H-pyrrole nitrogens is 1. The molecule has 0 fully saturated rings. The van der Waals surface area contributed by atoms with Gasteiger partial charge >= 0.3 is 0 Å². The fourth-order valence-corrected chi connectivity index (χ4v) is 3.51. The normalized spacial score (nSPS) is 11.0. The molecule has 0 saturated heterocycles. The summed E-state index contributed by atoms with van der Waals surface area (Å²) in [5, 5.41) is 17.9. The smallest absolute Gasteiger partial charge is 0.272 e. The largest absolute Gasteiger partial charge is 0.368 e. The topological polar surface area (TPSA) is 135 Å². The van der Waals surface area contributed by atoms with Crippen molar-refractivity contribution in [1.82, 2.24) is 25.7 Å². The Morgan fingerprint density at radius 1 is 1.11 bits per heavy atom. The number of aromatic nitrogens is 4. The molecule has 0 spiro atoms. The number of hydrogen-bond donors (Lipinski definition) is 3.